The van der Waals surface area contributed by atoms with Crippen molar-refractivity contribution in [1.82, 2.24) is 15.4 Å². The first-order chi connectivity index (χ1) is 8.78. The number of hydrogen-bond donors (Lipinski definition) is 2. The van der Waals surface area contributed by atoms with Gasteiger partial charge in [0.15, 0.2) is 6.79 Å². The van der Waals surface area contributed by atoms with Crippen molar-refractivity contribution >= 4 is 22.6 Å². The fourth-order valence-corrected chi connectivity index (χ4v) is 2.44. The van der Waals surface area contributed by atoms with E-state index in [2.05, 4.69) is 44.0 Å². The Morgan fingerprint density at radius 1 is 1.44 bits per heavy atom. The SMILES string of the molecule is OCONC1CCN(Cc2ccc(I)nc2)CC1. The lowest BCUT2D eigenvalue weighted by Gasteiger charge is -2.31. The lowest BCUT2D eigenvalue weighted by atomic mass is 10.1. The molecule has 5 nitrogen and oxygen atoms in total. The summed E-state index contributed by atoms with van der Waals surface area (Å²) in [6.45, 7) is 2.77. The summed E-state index contributed by atoms with van der Waals surface area (Å²) in [5, 5.41) is 8.56. The van der Waals surface area contributed by atoms with E-state index >= 15 is 0 Å². The van der Waals surface area contributed by atoms with Crippen LogP contribution in [0.1, 0.15) is 18.4 Å². The number of nitrogens with zero attached hydrogens (tertiary/aromatic N) is 2. The van der Waals surface area contributed by atoms with Crippen molar-refractivity contribution in [2.24, 2.45) is 0 Å². The smallest absolute Gasteiger partial charge is 0.163 e. The second-order valence-corrected chi connectivity index (χ2v) is 5.54. The summed E-state index contributed by atoms with van der Waals surface area (Å²) in [6, 6.07) is 4.52. The molecule has 0 aliphatic carbocycles. The third-order valence-electron chi connectivity index (χ3n) is 3.10. The second-order valence-electron chi connectivity index (χ2n) is 4.43. The number of likely N-dealkylation sites (tertiary alicyclic amines) is 1. The van der Waals surface area contributed by atoms with Gasteiger partial charge in [-0.2, -0.15) is 5.48 Å². The fraction of sp³-hybridized carbons (Fsp3) is 0.583. The molecule has 0 radical (unpaired) electrons. The highest BCUT2D eigenvalue weighted by molar-refractivity contribution is 14.1. The molecule has 1 aliphatic heterocycles. The van der Waals surface area contributed by atoms with Crippen LogP contribution < -0.4 is 5.48 Å². The number of rotatable bonds is 5. The number of aliphatic hydroxyl groups excluding tert-OH is 1. The van der Waals surface area contributed by atoms with Crippen LogP contribution in [-0.2, 0) is 11.4 Å². The number of aromatic nitrogens is 1. The molecule has 1 aromatic heterocycles. The Hall–Kier alpha value is -0.280. The average molecular weight is 363 g/mol. The van der Waals surface area contributed by atoms with Crippen molar-refractivity contribution in [1.29, 1.82) is 0 Å². The molecule has 0 unspecified atom stereocenters. The maximum absolute atomic E-state index is 8.56. The summed E-state index contributed by atoms with van der Waals surface area (Å²) in [5.41, 5.74) is 4.13. The highest BCUT2D eigenvalue weighted by atomic mass is 127. The Kier molecular flexibility index (Phi) is 5.77. The minimum absolute atomic E-state index is 0.269. The van der Waals surface area contributed by atoms with Crippen LogP contribution in [0.15, 0.2) is 18.3 Å². The number of hydrogen-bond acceptors (Lipinski definition) is 5. The van der Waals surface area contributed by atoms with E-state index in [0.717, 1.165) is 36.2 Å². The van der Waals surface area contributed by atoms with E-state index in [4.69, 9.17) is 9.94 Å². The summed E-state index contributed by atoms with van der Waals surface area (Å²) in [5.74, 6) is 0. The Balaban J connectivity index is 1.74. The van der Waals surface area contributed by atoms with Gasteiger partial charge < -0.3 is 5.11 Å². The van der Waals surface area contributed by atoms with Crippen molar-refractivity contribution in [3.63, 3.8) is 0 Å². The molecule has 1 fully saturated rings. The molecule has 0 saturated carbocycles. The first-order valence-corrected chi connectivity index (χ1v) is 7.17. The molecule has 0 amide bonds. The predicted octanol–water partition coefficient (Wildman–Crippen LogP) is 1.12. The molecule has 1 saturated heterocycles. The quantitative estimate of drug-likeness (QED) is 0.356. The summed E-state index contributed by atoms with van der Waals surface area (Å²) in [7, 11) is 0. The molecule has 1 aromatic rings. The maximum atomic E-state index is 8.56. The Morgan fingerprint density at radius 2 is 2.22 bits per heavy atom. The molecule has 0 atom stereocenters. The maximum Gasteiger partial charge on any atom is 0.163 e. The van der Waals surface area contributed by atoms with Crippen LogP contribution in [0, 0.1) is 3.70 Å². The van der Waals surface area contributed by atoms with Crippen LogP contribution in [0.2, 0.25) is 0 Å². The minimum Gasteiger partial charge on any atom is -0.369 e. The van der Waals surface area contributed by atoms with Crippen LogP contribution in [-0.4, -0.2) is 40.9 Å². The van der Waals surface area contributed by atoms with Gasteiger partial charge in [0.05, 0.1) is 0 Å². The van der Waals surface area contributed by atoms with Gasteiger partial charge in [-0.25, -0.2) is 0 Å². The van der Waals surface area contributed by atoms with Gasteiger partial charge in [-0.1, -0.05) is 6.07 Å². The molecule has 18 heavy (non-hydrogen) atoms. The summed E-state index contributed by atoms with van der Waals surface area (Å²) in [6.07, 6.45) is 4.02. The van der Waals surface area contributed by atoms with E-state index in [-0.39, 0.29) is 6.79 Å². The first-order valence-electron chi connectivity index (χ1n) is 6.09. The zero-order valence-corrected chi connectivity index (χ0v) is 12.3. The van der Waals surface area contributed by atoms with E-state index in [0.29, 0.717) is 6.04 Å². The second kappa shape index (κ2) is 7.34. The molecular formula is C12H18IN3O2. The first kappa shape index (κ1) is 14.1. The van der Waals surface area contributed by atoms with Gasteiger partial charge in [-0.3, -0.25) is 14.7 Å². The van der Waals surface area contributed by atoms with Crippen molar-refractivity contribution in [3.8, 4) is 0 Å². The Bertz CT molecular complexity index is 353. The summed E-state index contributed by atoms with van der Waals surface area (Å²) >= 11 is 2.22. The van der Waals surface area contributed by atoms with Crippen molar-refractivity contribution < 1.29 is 9.94 Å². The number of piperidine rings is 1. The van der Waals surface area contributed by atoms with Gasteiger partial charge in [0.1, 0.15) is 3.70 Å². The monoisotopic (exact) mass is 363 g/mol. The molecule has 100 valence electrons. The van der Waals surface area contributed by atoms with E-state index in [1.54, 1.807) is 0 Å². The molecule has 0 aromatic carbocycles. The fourth-order valence-electron chi connectivity index (χ4n) is 2.12. The normalized spacial score (nSPS) is 18.1. The highest BCUT2D eigenvalue weighted by Gasteiger charge is 2.19. The third kappa shape index (κ3) is 4.43. The van der Waals surface area contributed by atoms with Gasteiger partial charge in [-0.15, -0.1) is 0 Å². The van der Waals surface area contributed by atoms with E-state index in [9.17, 15) is 0 Å². The molecule has 0 bridgehead atoms. The number of halogens is 1. The Labute approximate surface area is 121 Å². The average Bonchev–Trinajstić information content (AvgIpc) is 2.41. The number of pyridine rings is 1. The molecule has 1 aliphatic rings. The van der Waals surface area contributed by atoms with E-state index in [1.807, 2.05) is 12.3 Å². The highest BCUT2D eigenvalue weighted by Crippen LogP contribution is 2.14. The zero-order chi connectivity index (χ0) is 12.8. The van der Waals surface area contributed by atoms with Crippen molar-refractivity contribution in [3.05, 3.63) is 27.6 Å². The van der Waals surface area contributed by atoms with Crippen LogP contribution >= 0.6 is 22.6 Å². The molecule has 6 heteroatoms. The van der Waals surface area contributed by atoms with Crippen molar-refractivity contribution in [2.75, 3.05) is 19.9 Å². The number of hydroxylamine groups is 1. The topological polar surface area (TPSA) is 57.6 Å². The lowest BCUT2D eigenvalue weighted by molar-refractivity contribution is -0.0824. The molecule has 2 heterocycles. The van der Waals surface area contributed by atoms with Gasteiger partial charge in [-0.05, 0) is 47.1 Å². The minimum atomic E-state index is -0.269. The molecular weight excluding hydrogens is 345 g/mol. The van der Waals surface area contributed by atoms with Gasteiger partial charge in [0.2, 0.25) is 0 Å². The summed E-state index contributed by atoms with van der Waals surface area (Å²) in [4.78, 5) is 11.5. The van der Waals surface area contributed by atoms with E-state index in [1.165, 1.54) is 5.56 Å². The summed E-state index contributed by atoms with van der Waals surface area (Å²) < 4.78 is 1.03. The molecule has 2 N–H and O–H groups in total. The largest absolute Gasteiger partial charge is 0.369 e. The molecule has 0 spiro atoms. The zero-order valence-electron chi connectivity index (χ0n) is 10.2. The standard InChI is InChI=1S/C12H18IN3O2/c13-12-2-1-10(7-14-12)8-16-5-3-11(4-6-16)15-18-9-17/h1-2,7,11,15,17H,3-6,8-9H2. The predicted molar refractivity (Wildman–Crippen MR) is 76.6 cm³/mol. The van der Waals surface area contributed by atoms with Crippen molar-refractivity contribution in [2.45, 2.75) is 25.4 Å². The third-order valence-corrected chi connectivity index (χ3v) is 3.74. The van der Waals surface area contributed by atoms with Gasteiger partial charge in [0.25, 0.3) is 0 Å². The van der Waals surface area contributed by atoms with Crippen LogP contribution in [0.3, 0.4) is 0 Å². The van der Waals surface area contributed by atoms with E-state index < -0.39 is 0 Å². The van der Waals surface area contributed by atoms with Gasteiger partial charge in [0, 0.05) is 31.9 Å². The number of nitrogens with one attached hydrogen (secondary N) is 1. The van der Waals surface area contributed by atoms with Crippen LogP contribution in [0.4, 0.5) is 0 Å². The Morgan fingerprint density at radius 3 is 2.83 bits per heavy atom. The van der Waals surface area contributed by atoms with Gasteiger partial charge >= 0.3 is 0 Å². The van der Waals surface area contributed by atoms with Crippen LogP contribution in [0.5, 0.6) is 0 Å². The molecule has 2 rings (SSSR count). The van der Waals surface area contributed by atoms with Crippen LogP contribution in [0.25, 0.3) is 0 Å². The lowest BCUT2D eigenvalue weighted by Crippen LogP contribution is -2.42. The number of aliphatic hydroxyl groups is 1.